The summed E-state index contributed by atoms with van der Waals surface area (Å²) in [6.45, 7) is 6.87. The van der Waals surface area contributed by atoms with Crippen molar-refractivity contribution in [2.75, 3.05) is 24.5 Å². The molecule has 0 fully saturated rings. The van der Waals surface area contributed by atoms with Gasteiger partial charge in [0.15, 0.2) is 0 Å². The first-order chi connectivity index (χ1) is 19.4. The van der Waals surface area contributed by atoms with E-state index in [4.69, 9.17) is 27.9 Å². The average molecular weight is 621 g/mol. The maximum absolute atomic E-state index is 14.1. The summed E-state index contributed by atoms with van der Waals surface area (Å²) >= 11 is 12.8. The van der Waals surface area contributed by atoms with Crippen molar-refractivity contribution in [1.82, 2.24) is 10.2 Å². The number of amides is 2. The van der Waals surface area contributed by atoms with E-state index in [0.717, 1.165) is 15.4 Å². The van der Waals surface area contributed by atoms with Crippen LogP contribution >= 0.6 is 23.2 Å². The van der Waals surface area contributed by atoms with Crippen LogP contribution < -0.4 is 14.4 Å². The zero-order chi connectivity index (χ0) is 30.3. The SMILES string of the molecule is CCCNC(=O)[C@H](C)N(Cc1c(Cl)cccc1Cl)C(=O)CN(c1cc(C)ccc1OC)S(=O)(=O)c1ccc(C)cc1. The molecule has 8 nitrogen and oxygen atoms in total. The highest BCUT2D eigenvalue weighted by atomic mass is 35.5. The predicted molar refractivity (Wildman–Crippen MR) is 163 cm³/mol. The van der Waals surface area contributed by atoms with E-state index >= 15 is 0 Å². The Balaban J connectivity index is 2.13. The van der Waals surface area contributed by atoms with Crippen molar-refractivity contribution in [3.63, 3.8) is 0 Å². The molecule has 3 aromatic carbocycles. The molecule has 3 aromatic rings. The van der Waals surface area contributed by atoms with Gasteiger partial charge in [0.1, 0.15) is 18.3 Å². The molecule has 0 heterocycles. The van der Waals surface area contributed by atoms with E-state index in [2.05, 4.69) is 5.32 Å². The largest absolute Gasteiger partial charge is 0.495 e. The first-order valence-corrected chi connectivity index (χ1v) is 15.3. The van der Waals surface area contributed by atoms with Crippen LogP contribution in [-0.2, 0) is 26.2 Å². The minimum atomic E-state index is -4.24. The second-order valence-corrected chi connectivity index (χ2v) is 12.4. The van der Waals surface area contributed by atoms with E-state index in [1.165, 1.54) is 24.1 Å². The van der Waals surface area contributed by atoms with Crippen molar-refractivity contribution in [1.29, 1.82) is 0 Å². The fourth-order valence-electron chi connectivity index (χ4n) is 4.18. The summed E-state index contributed by atoms with van der Waals surface area (Å²) < 4.78 is 34.7. The van der Waals surface area contributed by atoms with Crippen LogP contribution in [0, 0.1) is 13.8 Å². The second-order valence-electron chi connectivity index (χ2n) is 9.69. The van der Waals surface area contributed by atoms with Gasteiger partial charge in [-0.05, 0) is 69.2 Å². The normalized spacial score (nSPS) is 12.0. The molecule has 0 aliphatic rings. The van der Waals surface area contributed by atoms with Crippen LogP contribution in [0.3, 0.4) is 0 Å². The molecule has 41 heavy (non-hydrogen) atoms. The van der Waals surface area contributed by atoms with Gasteiger partial charge in [-0.3, -0.25) is 13.9 Å². The molecule has 0 saturated carbocycles. The molecule has 0 saturated heterocycles. The Kier molecular flexibility index (Phi) is 11.1. The van der Waals surface area contributed by atoms with Crippen LogP contribution in [-0.4, -0.2) is 51.4 Å². The Morgan fingerprint density at radius 3 is 2.17 bits per heavy atom. The van der Waals surface area contributed by atoms with E-state index in [0.29, 0.717) is 28.6 Å². The third kappa shape index (κ3) is 7.72. The number of aryl methyl sites for hydroxylation is 2. The molecule has 1 atom stereocenters. The minimum absolute atomic E-state index is 0.00824. The van der Waals surface area contributed by atoms with Crippen molar-refractivity contribution < 1.29 is 22.7 Å². The zero-order valence-electron chi connectivity index (χ0n) is 23.8. The van der Waals surface area contributed by atoms with E-state index in [1.807, 2.05) is 20.8 Å². The van der Waals surface area contributed by atoms with E-state index in [-0.39, 0.29) is 28.8 Å². The van der Waals surface area contributed by atoms with Crippen LogP contribution in [0.2, 0.25) is 10.0 Å². The summed E-state index contributed by atoms with van der Waals surface area (Å²) in [6, 6.07) is 15.4. The highest BCUT2D eigenvalue weighted by Gasteiger charge is 2.34. The molecule has 1 N–H and O–H groups in total. The van der Waals surface area contributed by atoms with Gasteiger partial charge < -0.3 is 15.0 Å². The molecule has 0 bridgehead atoms. The topological polar surface area (TPSA) is 96.0 Å². The molecule has 0 spiro atoms. The molecule has 0 radical (unpaired) electrons. The second kappa shape index (κ2) is 14.1. The number of halogens is 2. The number of nitrogens with zero attached hydrogens (tertiary/aromatic N) is 2. The van der Waals surface area contributed by atoms with Crippen molar-refractivity contribution in [2.24, 2.45) is 0 Å². The lowest BCUT2D eigenvalue weighted by Gasteiger charge is -2.32. The summed E-state index contributed by atoms with van der Waals surface area (Å²) in [7, 11) is -2.82. The fourth-order valence-corrected chi connectivity index (χ4v) is 6.11. The summed E-state index contributed by atoms with van der Waals surface area (Å²) in [6.07, 6.45) is 0.707. The standard InChI is InChI=1S/C30H35Cl2N3O5S/c1-6-16-33-30(37)22(4)34(18-24-25(31)8-7-9-26(24)32)29(36)19-35(27-17-21(3)12-15-28(27)40-5)41(38,39)23-13-10-20(2)11-14-23/h7-15,17,22H,6,16,18-19H2,1-5H3,(H,33,37)/t22-/m0/s1. The number of sulfonamides is 1. The molecule has 11 heteroatoms. The molecule has 0 aliphatic heterocycles. The van der Waals surface area contributed by atoms with Crippen molar-refractivity contribution in [2.45, 2.75) is 51.6 Å². The number of hydrogen-bond acceptors (Lipinski definition) is 5. The first-order valence-electron chi connectivity index (χ1n) is 13.1. The zero-order valence-corrected chi connectivity index (χ0v) is 26.1. The lowest BCUT2D eigenvalue weighted by molar-refractivity contribution is -0.139. The molecule has 0 aliphatic carbocycles. The summed E-state index contributed by atoms with van der Waals surface area (Å²) in [5.74, 6) is -0.739. The quantitative estimate of drug-likeness (QED) is 0.278. The van der Waals surface area contributed by atoms with Crippen LogP contribution in [0.4, 0.5) is 5.69 Å². The lowest BCUT2D eigenvalue weighted by Crippen LogP contribution is -2.51. The number of methoxy groups -OCH3 is 1. The summed E-state index contributed by atoms with van der Waals surface area (Å²) in [5.41, 5.74) is 2.29. The van der Waals surface area contributed by atoms with E-state index in [1.54, 1.807) is 55.5 Å². The smallest absolute Gasteiger partial charge is 0.264 e. The highest BCUT2D eigenvalue weighted by Crippen LogP contribution is 2.34. The van der Waals surface area contributed by atoms with Crippen LogP contribution in [0.5, 0.6) is 5.75 Å². The van der Waals surface area contributed by atoms with Gasteiger partial charge in [-0.15, -0.1) is 0 Å². The summed E-state index contributed by atoms with van der Waals surface area (Å²) in [4.78, 5) is 28.4. The molecule has 2 amide bonds. The molecule has 0 aromatic heterocycles. The van der Waals surface area contributed by atoms with Crippen LogP contribution in [0.25, 0.3) is 0 Å². The molecule has 3 rings (SSSR count). The maximum atomic E-state index is 14.1. The Labute approximate surface area is 252 Å². The maximum Gasteiger partial charge on any atom is 0.264 e. The summed E-state index contributed by atoms with van der Waals surface area (Å²) in [5, 5.41) is 3.44. The van der Waals surface area contributed by atoms with Crippen molar-refractivity contribution >= 4 is 50.7 Å². The highest BCUT2D eigenvalue weighted by molar-refractivity contribution is 7.92. The number of anilines is 1. The van der Waals surface area contributed by atoms with Gasteiger partial charge in [0.2, 0.25) is 11.8 Å². The average Bonchev–Trinajstić information content (AvgIpc) is 2.94. The van der Waals surface area contributed by atoms with Crippen LogP contribution in [0.15, 0.2) is 65.6 Å². The Bertz CT molecular complexity index is 1480. The molecule has 0 unspecified atom stereocenters. The van der Waals surface area contributed by atoms with Crippen molar-refractivity contribution in [3.8, 4) is 5.75 Å². The van der Waals surface area contributed by atoms with Gasteiger partial charge >= 0.3 is 0 Å². The lowest BCUT2D eigenvalue weighted by atomic mass is 10.1. The number of ether oxygens (including phenoxy) is 1. The van der Waals surface area contributed by atoms with Gasteiger partial charge in [-0.2, -0.15) is 0 Å². The fraction of sp³-hybridized carbons (Fsp3) is 0.333. The number of carbonyl (C=O) groups is 2. The number of hydrogen-bond donors (Lipinski definition) is 1. The predicted octanol–water partition coefficient (Wildman–Crippen LogP) is 5.76. The first kappa shape index (κ1) is 32.2. The van der Waals surface area contributed by atoms with Gasteiger partial charge in [0.05, 0.1) is 17.7 Å². The van der Waals surface area contributed by atoms with E-state index < -0.39 is 28.5 Å². The molecular weight excluding hydrogens is 585 g/mol. The molecular formula is C30H35Cl2N3O5S. The van der Waals surface area contributed by atoms with Crippen LogP contribution in [0.1, 0.15) is 37.0 Å². The van der Waals surface area contributed by atoms with Gasteiger partial charge in [-0.25, -0.2) is 8.42 Å². The number of nitrogens with one attached hydrogen (secondary N) is 1. The Hall–Kier alpha value is -3.27. The number of carbonyl (C=O) groups excluding carboxylic acids is 2. The number of rotatable bonds is 12. The third-order valence-electron chi connectivity index (χ3n) is 6.60. The Morgan fingerprint density at radius 1 is 0.976 bits per heavy atom. The van der Waals surface area contributed by atoms with Crippen molar-refractivity contribution in [3.05, 3.63) is 87.4 Å². The number of benzene rings is 3. The Morgan fingerprint density at radius 2 is 1.59 bits per heavy atom. The van der Waals surface area contributed by atoms with Gasteiger partial charge in [-0.1, -0.05) is 60.0 Å². The van der Waals surface area contributed by atoms with Gasteiger partial charge in [0, 0.05) is 28.7 Å². The third-order valence-corrected chi connectivity index (χ3v) is 9.08. The van der Waals surface area contributed by atoms with Gasteiger partial charge in [0.25, 0.3) is 10.0 Å². The monoisotopic (exact) mass is 619 g/mol. The molecule has 220 valence electrons. The van der Waals surface area contributed by atoms with E-state index in [9.17, 15) is 18.0 Å². The minimum Gasteiger partial charge on any atom is -0.495 e.